The summed E-state index contributed by atoms with van der Waals surface area (Å²) in [6, 6.07) is 15.9. The number of carbonyl (C=O) groups excluding carboxylic acids is 1. The monoisotopic (exact) mass is 375 g/mol. The van der Waals surface area contributed by atoms with E-state index < -0.39 is 0 Å². The van der Waals surface area contributed by atoms with Crippen molar-refractivity contribution in [3.8, 4) is 16.9 Å². The van der Waals surface area contributed by atoms with E-state index in [1.165, 1.54) is 0 Å². The van der Waals surface area contributed by atoms with Crippen LogP contribution in [0.25, 0.3) is 11.1 Å². The molecule has 1 aliphatic rings. The number of rotatable bonds is 4. The summed E-state index contributed by atoms with van der Waals surface area (Å²) in [6.45, 7) is 3.53. The molecule has 144 valence electrons. The number of nitrogens with one attached hydrogen (secondary N) is 1. The Balaban J connectivity index is 1.47. The lowest BCUT2D eigenvalue weighted by atomic mass is 9.89. The molecular formula is C23H25N3O2. The van der Waals surface area contributed by atoms with Crippen LogP contribution in [-0.4, -0.2) is 41.2 Å². The van der Waals surface area contributed by atoms with E-state index in [9.17, 15) is 4.79 Å². The highest BCUT2D eigenvalue weighted by molar-refractivity contribution is 5.94. The average molecular weight is 375 g/mol. The fourth-order valence-electron chi connectivity index (χ4n) is 3.96. The molecule has 1 amide bonds. The van der Waals surface area contributed by atoms with Crippen LogP contribution in [0.5, 0.6) is 5.75 Å². The first-order valence-electron chi connectivity index (χ1n) is 9.69. The SMILES string of the molecule is COc1cccc(-c2cn[nH]c2C2CCN(C(=O)c3cccc(C)c3)CC2)c1. The normalized spacial score (nSPS) is 14.9. The highest BCUT2D eigenvalue weighted by Crippen LogP contribution is 2.35. The number of H-pyrrole nitrogens is 1. The van der Waals surface area contributed by atoms with E-state index in [1.54, 1.807) is 7.11 Å². The van der Waals surface area contributed by atoms with E-state index in [0.29, 0.717) is 5.92 Å². The van der Waals surface area contributed by atoms with Crippen LogP contribution in [0.2, 0.25) is 0 Å². The summed E-state index contributed by atoms with van der Waals surface area (Å²) >= 11 is 0. The minimum Gasteiger partial charge on any atom is -0.497 e. The largest absolute Gasteiger partial charge is 0.497 e. The van der Waals surface area contributed by atoms with Gasteiger partial charge in [0, 0.05) is 35.8 Å². The predicted molar refractivity (Wildman–Crippen MR) is 110 cm³/mol. The molecule has 2 heterocycles. The van der Waals surface area contributed by atoms with Crippen LogP contribution in [0.4, 0.5) is 0 Å². The molecule has 1 fully saturated rings. The van der Waals surface area contributed by atoms with E-state index in [-0.39, 0.29) is 5.91 Å². The molecule has 0 aliphatic carbocycles. The Morgan fingerprint density at radius 2 is 1.93 bits per heavy atom. The summed E-state index contributed by atoms with van der Waals surface area (Å²) in [7, 11) is 1.68. The molecular weight excluding hydrogens is 350 g/mol. The van der Waals surface area contributed by atoms with Crippen LogP contribution in [0.15, 0.2) is 54.7 Å². The molecule has 28 heavy (non-hydrogen) atoms. The number of aromatic nitrogens is 2. The molecule has 2 aromatic carbocycles. The summed E-state index contributed by atoms with van der Waals surface area (Å²) in [4.78, 5) is 14.8. The maximum atomic E-state index is 12.8. The summed E-state index contributed by atoms with van der Waals surface area (Å²) in [5.41, 5.74) is 5.25. The second-order valence-electron chi connectivity index (χ2n) is 7.37. The first-order chi connectivity index (χ1) is 13.7. The summed E-state index contributed by atoms with van der Waals surface area (Å²) in [6.07, 6.45) is 3.74. The molecule has 1 saturated heterocycles. The third-order valence-corrected chi connectivity index (χ3v) is 5.51. The van der Waals surface area contributed by atoms with Gasteiger partial charge in [-0.1, -0.05) is 29.8 Å². The Hall–Kier alpha value is -3.08. The highest BCUT2D eigenvalue weighted by Gasteiger charge is 2.27. The molecule has 0 spiro atoms. The molecule has 0 saturated carbocycles. The van der Waals surface area contributed by atoms with Gasteiger partial charge in [0.05, 0.1) is 13.3 Å². The van der Waals surface area contributed by atoms with Gasteiger partial charge in [-0.05, 0) is 49.6 Å². The molecule has 3 aromatic rings. The molecule has 4 rings (SSSR count). The summed E-state index contributed by atoms with van der Waals surface area (Å²) in [5.74, 6) is 1.33. The van der Waals surface area contributed by atoms with E-state index in [0.717, 1.165) is 59.6 Å². The maximum Gasteiger partial charge on any atom is 0.253 e. The van der Waals surface area contributed by atoms with Crippen molar-refractivity contribution in [3.05, 3.63) is 71.5 Å². The summed E-state index contributed by atoms with van der Waals surface area (Å²) in [5, 5.41) is 7.49. The molecule has 1 aliphatic heterocycles. The number of hydrogen-bond acceptors (Lipinski definition) is 3. The zero-order valence-corrected chi connectivity index (χ0v) is 16.3. The molecule has 0 atom stereocenters. The second-order valence-corrected chi connectivity index (χ2v) is 7.37. The number of likely N-dealkylation sites (tertiary alicyclic amines) is 1. The van der Waals surface area contributed by atoms with Gasteiger partial charge in [0.25, 0.3) is 5.91 Å². The fourth-order valence-corrected chi connectivity index (χ4v) is 3.96. The van der Waals surface area contributed by atoms with Crippen molar-refractivity contribution in [1.82, 2.24) is 15.1 Å². The minimum absolute atomic E-state index is 0.125. The number of aryl methyl sites for hydroxylation is 1. The smallest absolute Gasteiger partial charge is 0.253 e. The van der Waals surface area contributed by atoms with Crippen molar-refractivity contribution in [2.45, 2.75) is 25.7 Å². The zero-order chi connectivity index (χ0) is 19.5. The van der Waals surface area contributed by atoms with Crippen LogP contribution in [0, 0.1) is 6.92 Å². The highest BCUT2D eigenvalue weighted by atomic mass is 16.5. The number of ether oxygens (including phenoxy) is 1. The Morgan fingerprint density at radius 1 is 1.14 bits per heavy atom. The van der Waals surface area contributed by atoms with Gasteiger partial charge < -0.3 is 9.64 Å². The number of amides is 1. The fraction of sp³-hybridized carbons (Fsp3) is 0.304. The number of nitrogens with zero attached hydrogens (tertiary/aromatic N) is 2. The van der Waals surface area contributed by atoms with Crippen LogP contribution in [0.1, 0.15) is 40.4 Å². The van der Waals surface area contributed by atoms with Crippen LogP contribution in [0.3, 0.4) is 0 Å². The lowest BCUT2D eigenvalue weighted by Crippen LogP contribution is -2.38. The van der Waals surface area contributed by atoms with E-state index in [2.05, 4.69) is 16.3 Å². The minimum atomic E-state index is 0.125. The average Bonchev–Trinajstić information content (AvgIpc) is 3.23. The first-order valence-corrected chi connectivity index (χ1v) is 9.69. The standard InChI is InChI=1S/C23H25N3O2/c1-16-5-3-7-19(13-16)23(27)26-11-9-17(10-12-26)22-21(15-24-25-22)18-6-4-8-20(14-18)28-2/h3-8,13-15,17H,9-12H2,1-2H3,(H,24,25). The van der Waals surface area contributed by atoms with Crippen molar-refractivity contribution in [2.24, 2.45) is 0 Å². The van der Waals surface area contributed by atoms with Gasteiger partial charge in [0.1, 0.15) is 5.75 Å². The Kier molecular flexibility index (Phi) is 5.15. The molecule has 1 aromatic heterocycles. The van der Waals surface area contributed by atoms with Crippen molar-refractivity contribution >= 4 is 5.91 Å². The quantitative estimate of drug-likeness (QED) is 0.735. The van der Waals surface area contributed by atoms with Crippen LogP contribution >= 0.6 is 0 Å². The number of carbonyl (C=O) groups is 1. The zero-order valence-electron chi connectivity index (χ0n) is 16.3. The van der Waals surface area contributed by atoms with E-state index >= 15 is 0 Å². The van der Waals surface area contributed by atoms with Gasteiger partial charge in [0.2, 0.25) is 0 Å². The van der Waals surface area contributed by atoms with Gasteiger partial charge >= 0.3 is 0 Å². The van der Waals surface area contributed by atoms with Gasteiger partial charge in [-0.15, -0.1) is 0 Å². The molecule has 1 N–H and O–H groups in total. The van der Waals surface area contributed by atoms with Gasteiger partial charge in [-0.2, -0.15) is 5.10 Å². The predicted octanol–water partition coefficient (Wildman–Crippen LogP) is 4.41. The lowest BCUT2D eigenvalue weighted by molar-refractivity contribution is 0.0712. The topological polar surface area (TPSA) is 58.2 Å². The molecule has 0 unspecified atom stereocenters. The number of methoxy groups -OCH3 is 1. The number of hydrogen-bond donors (Lipinski definition) is 1. The third-order valence-electron chi connectivity index (χ3n) is 5.51. The van der Waals surface area contributed by atoms with Crippen LogP contribution in [-0.2, 0) is 0 Å². The Morgan fingerprint density at radius 3 is 2.68 bits per heavy atom. The van der Waals surface area contributed by atoms with Crippen molar-refractivity contribution < 1.29 is 9.53 Å². The number of benzene rings is 2. The number of piperidine rings is 1. The van der Waals surface area contributed by atoms with Crippen molar-refractivity contribution in [1.29, 1.82) is 0 Å². The molecule has 0 bridgehead atoms. The summed E-state index contributed by atoms with van der Waals surface area (Å²) < 4.78 is 5.35. The van der Waals surface area contributed by atoms with Gasteiger partial charge in [0.15, 0.2) is 0 Å². The Bertz CT molecular complexity index is 971. The van der Waals surface area contributed by atoms with Crippen LogP contribution < -0.4 is 4.74 Å². The van der Waals surface area contributed by atoms with E-state index in [1.807, 2.05) is 60.5 Å². The second kappa shape index (κ2) is 7.89. The van der Waals surface area contributed by atoms with Gasteiger partial charge in [-0.25, -0.2) is 0 Å². The molecule has 5 heteroatoms. The van der Waals surface area contributed by atoms with Crippen molar-refractivity contribution in [2.75, 3.05) is 20.2 Å². The first kappa shape index (κ1) is 18.3. The lowest BCUT2D eigenvalue weighted by Gasteiger charge is -2.32. The van der Waals surface area contributed by atoms with Crippen molar-refractivity contribution in [3.63, 3.8) is 0 Å². The maximum absolute atomic E-state index is 12.8. The third kappa shape index (κ3) is 3.65. The van der Waals surface area contributed by atoms with Gasteiger partial charge in [-0.3, -0.25) is 9.89 Å². The molecule has 0 radical (unpaired) electrons. The Labute approximate surface area is 165 Å². The van der Waals surface area contributed by atoms with E-state index in [4.69, 9.17) is 4.74 Å². The number of aromatic amines is 1. The molecule has 5 nitrogen and oxygen atoms in total.